The fourth-order valence-corrected chi connectivity index (χ4v) is 1.33. The minimum absolute atomic E-state index is 0.512. The van der Waals surface area contributed by atoms with Crippen LogP contribution in [0, 0.1) is 5.92 Å². The predicted molar refractivity (Wildman–Crippen MR) is 69.7 cm³/mol. The van der Waals surface area contributed by atoms with Gasteiger partial charge in [-0.3, -0.25) is 0 Å². The van der Waals surface area contributed by atoms with Gasteiger partial charge in [0.15, 0.2) is 0 Å². The molecule has 0 radical (unpaired) electrons. The molecular formula is C14H23N. The van der Waals surface area contributed by atoms with Gasteiger partial charge in [-0.2, -0.15) is 0 Å². The van der Waals surface area contributed by atoms with Crippen molar-refractivity contribution in [3.05, 3.63) is 47.7 Å². The van der Waals surface area contributed by atoms with Crippen LogP contribution in [0.25, 0.3) is 0 Å². The van der Waals surface area contributed by atoms with E-state index in [-0.39, 0.29) is 0 Å². The normalized spacial score (nSPS) is 13.7. The summed E-state index contributed by atoms with van der Waals surface area (Å²) in [5.74, 6) is 0.512. The van der Waals surface area contributed by atoms with Crippen molar-refractivity contribution >= 4 is 0 Å². The molecule has 0 amide bonds. The summed E-state index contributed by atoms with van der Waals surface area (Å²) in [6.07, 6.45) is 8.35. The molecule has 0 aliphatic carbocycles. The molecule has 0 rings (SSSR count). The second-order valence-electron chi connectivity index (χ2n) is 3.97. The molecule has 0 aromatic heterocycles. The second-order valence-corrected chi connectivity index (χ2v) is 3.97. The molecule has 0 aliphatic rings. The summed E-state index contributed by atoms with van der Waals surface area (Å²) < 4.78 is 0. The van der Waals surface area contributed by atoms with Crippen molar-refractivity contribution in [1.29, 1.82) is 0 Å². The molecule has 0 aliphatic heterocycles. The van der Waals surface area contributed by atoms with Crippen molar-refractivity contribution in [1.82, 2.24) is 5.32 Å². The maximum Gasteiger partial charge on any atom is 0.00278 e. The van der Waals surface area contributed by atoms with E-state index in [2.05, 4.69) is 51.0 Å². The van der Waals surface area contributed by atoms with Crippen molar-refractivity contribution in [2.45, 2.75) is 27.7 Å². The zero-order valence-corrected chi connectivity index (χ0v) is 10.6. The van der Waals surface area contributed by atoms with E-state index in [1.165, 1.54) is 11.1 Å². The summed E-state index contributed by atoms with van der Waals surface area (Å²) in [4.78, 5) is 0. The lowest BCUT2D eigenvalue weighted by atomic mass is 9.95. The summed E-state index contributed by atoms with van der Waals surface area (Å²) in [5.41, 5.74) is 3.64. The van der Waals surface area contributed by atoms with Crippen LogP contribution in [0.4, 0.5) is 0 Å². The Balaban J connectivity index is 4.94. The van der Waals surface area contributed by atoms with Crippen LogP contribution in [0.5, 0.6) is 0 Å². The SMILES string of the molecule is C=C(C)\C=C/C(=C\C)C(=C/NC)/C(C)C. The van der Waals surface area contributed by atoms with Crippen molar-refractivity contribution in [3.63, 3.8) is 0 Å². The van der Waals surface area contributed by atoms with Crippen LogP contribution in [0.3, 0.4) is 0 Å². The first-order chi connectivity index (χ1) is 7.02. The van der Waals surface area contributed by atoms with Crippen molar-refractivity contribution in [2.24, 2.45) is 5.92 Å². The third-order valence-electron chi connectivity index (χ3n) is 2.11. The molecule has 0 atom stereocenters. The first kappa shape index (κ1) is 13.8. The first-order valence-corrected chi connectivity index (χ1v) is 5.40. The Morgan fingerprint density at radius 1 is 1.27 bits per heavy atom. The molecule has 0 heterocycles. The minimum Gasteiger partial charge on any atom is -0.394 e. The molecule has 0 unspecified atom stereocenters. The molecular weight excluding hydrogens is 182 g/mol. The number of allylic oxidation sites excluding steroid dienone is 6. The molecule has 1 N–H and O–H groups in total. The Kier molecular flexibility index (Phi) is 6.52. The lowest BCUT2D eigenvalue weighted by molar-refractivity contribution is 0.771. The van der Waals surface area contributed by atoms with Gasteiger partial charge in [0.2, 0.25) is 0 Å². The van der Waals surface area contributed by atoms with E-state index >= 15 is 0 Å². The van der Waals surface area contributed by atoms with E-state index in [9.17, 15) is 0 Å². The molecule has 0 spiro atoms. The number of hydrogen-bond acceptors (Lipinski definition) is 1. The van der Waals surface area contributed by atoms with Crippen molar-refractivity contribution < 1.29 is 0 Å². The van der Waals surface area contributed by atoms with Gasteiger partial charge in [-0.15, -0.1) is 0 Å². The van der Waals surface area contributed by atoms with Crippen LogP contribution in [-0.4, -0.2) is 7.05 Å². The maximum atomic E-state index is 3.86. The Hall–Kier alpha value is -1.24. The quantitative estimate of drug-likeness (QED) is 0.673. The molecule has 0 saturated heterocycles. The minimum atomic E-state index is 0.512. The molecule has 0 bridgehead atoms. The topological polar surface area (TPSA) is 12.0 Å². The van der Waals surface area contributed by atoms with Gasteiger partial charge in [-0.05, 0) is 30.9 Å². The van der Waals surface area contributed by atoms with E-state index in [0.29, 0.717) is 5.92 Å². The van der Waals surface area contributed by atoms with Crippen LogP contribution < -0.4 is 5.32 Å². The molecule has 84 valence electrons. The lowest BCUT2D eigenvalue weighted by Gasteiger charge is -2.12. The molecule has 0 fully saturated rings. The zero-order valence-electron chi connectivity index (χ0n) is 10.6. The molecule has 0 aromatic carbocycles. The van der Waals surface area contributed by atoms with Gasteiger partial charge in [0.25, 0.3) is 0 Å². The fourth-order valence-electron chi connectivity index (χ4n) is 1.33. The van der Waals surface area contributed by atoms with E-state index in [4.69, 9.17) is 0 Å². The van der Waals surface area contributed by atoms with Crippen LogP contribution >= 0.6 is 0 Å². The van der Waals surface area contributed by atoms with Gasteiger partial charge in [0, 0.05) is 13.2 Å². The molecule has 0 aromatic rings. The highest BCUT2D eigenvalue weighted by Crippen LogP contribution is 2.20. The lowest BCUT2D eigenvalue weighted by Crippen LogP contribution is -2.03. The standard InChI is InChI=1S/C14H23N/c1-7-13(9-8-11(2)3)14(10-15-6)12(4)5/h7-10,12,15H,2H2,1,3-6H3/b9-8-,13-7+,14-10+. The zero-order chi connectivity index (χ0) is 11.8. The Labute approximate surface area is 94.3 Å². The molecule has 1 heteroatoms. The smallest absolute Gasteiger partial charge is 0.00278 e. The third kappa shape index (κ3) is 5.26. The van der Waals surface area contributed by atoms with Gasteiger partial charge in [0.05, 0.1) is 0 Å². The van der Waals surface area contributed by atoms with E-state index < -0.39 is 0 Å². The highest BCUT2D eigenvalue weighted by atomic mass is 14.8. The van der Waals surface area contributed by atoms with E-state index in [0.717, 1.165) is 5.57 Å². The van der Waals surface area contributed by atoms with E-state index in [1.54, 1.807) is 0 Å². The summed E-state index contributed by atoms with van der Waals surface area (Å²) in [6.45, 7) is 12.3. The number of rotatable bonds is 5. The van der Waals surface area contributed by atoms with Crippen LogP contribution in [0.15, 0.2) is 47.7 Å². The van der Waals surface area contributed by atoms with Gasteiger partial charge >= 0.3 is 0 Å². The highest BCUT2D eigenvalue weighted by Gasteiger charge is 2.05. The van der Waals surface area contributed by atoms with Crippen LogP contribution in [-0.2, 0) is 0 Å². The highest BCUT2D eigenvalue weighted by molar-refractivity contribution is 5.41. The third-order valence-corrected chi connectivity index (χ3v) is 2.11. The first-order valence-electron chi connectivity index (χ1n) is 5.40. The van der Waals surface area contributed by atoms with Gasteiger partial charge in [-0.1, -0.05) is 44.2 Å². The molecule has 1 nitrogen and oxygen atoms in total. The van der Waals surface area contributed by atoms with Crippen molar-refractivity contribution in [2.75, 3.05) is 7.05 Å². The molecule has 0 saturated carbocycles. The Bertz CT molecular complexity index is 290. The van der Waals surface area contributed by atoms with Crippen LogP contribution in [0.2, 0.25) is 0 Å². The monoisotopic (exact) mass is 205 g/mol. The fraction of sp³-hybridized carbons (Fsp3) is 0.429. The van der Waals surface area contributed by atoms with Gasteiger partial charge < -0.3 is 5.32 Å². The van der Waals surface area contributed by atoms with E-state index in [1.807, 2.05) is 20.0 Å². The maximum absolute atomic E-state index is 3.86. The largest absolute Gasteiger partial charge is 0.394 e. The summed E-state index contributed by atoms with van der Waals surface area (Å²) in [5, 5.41) is 3.09. The summed E-state index contributed by atoms with van der Waals surface area (Å²) in [7, 11) is 1.93. The number of hydrogen-bond donors (Lipinski definition) is 1. The molecule has 15 heavy (non-hydrogen) atoms. The Morgan fingerprint density at radius 3 is 2.20 bits per heavy atom. The summed E-state index contributed by atoms with van der Waals surface area (Å²) in [6, 6.07) is 0. The van der Waals surface area contributed by atoms with Crippen LogP contribution in [0.1, 0.15) is 27.7 Å². The average molecular weight is 205 g/mol. The van der Waals surface area contributed by atoms with Crippen molar-refractivity contribution in [3.8, 4) is 0 Å². The average Bonchev–Trinajstić information content (AvgIpc) is 2.16. The predicted octanol–water partition coefficient (Wildman–Crippen LogP) is 3.82. The Morgan fingerprint density at radius 2 is 1.87 bits per heavy atom. The van der Waals surface area contributed by atoms with Gasteiger partial charge in [-0.25, -0.2) is 0 Å². The second kappa shape index (κ2) is 7.10. The van der Waals surface area contributed by atoms with Gasteiger partial charge in [0.1, 0.15) is 0 Å². The number of nitrogens with one attached hydrogen (secondary N) is 1. The summed E-state index contributed by atoms with van der Waals surface area (Å²) >= 11 is 0.